The van der Waals surface area contributed by atoms with Crippen LogP contribution in [0.1, 0.15) is 31.8 Å². The summed E-state index contributed by atoms with van der Waals surface area (Å²) in [5.41, 5.74) is 5.79. The standard InChI is InChI=1S/C11H19NO/c1-9-4-5-10(13-9)8-11(2,3)6-7-12/h4-5H,6-8,12H2,1-3H3. The van der Waals surface area contributed by atoms with Crippen molar-refractivity contribution in [3.8, 4) is 0 Å². The molecule has 0 spiro atoms. The fourth-order valence-electron chi connectivity index (χ4n) is 1.53. The summed E-state index contributed by atoms with van der Waals surface area (Å²) in [6.07, 6.45) is 2.00. The van der Waals surface area contributed by atoms with Crippen molar-refractivity contribution in [2.45, 2.75) is 33.6 Å². The predicted molar refractivity (Wildman–Crippen MR) is 54.6 cm³/mol. The van der Waals surface area contributed by atoms with Gasteiger partial charge in [-0.25, -0.2) is 0 Å². The molecule has 1 heterocycles. The fourth-order valence-corrected chi connectivity index (χ4v) is 1.53. The van der Waals surface area contributed by atoms with E-state index in [1.165, 1.54) is 0 Å². The smallest absolute Gasteiger partial charge is 0.104 e. The largest absolute Gasteiger partial charge is 0.466 e. The van der Waals surface area contributed by atoms with E-state index in [0.717, 1.165) is 30.9 Å². The Kier molecular flexibility index (Phi) is 3.15. The van der Waals surface area contributed by atoms with Gasteiger partial charge in [0.25, 0.3) is 0 Å². The molecule has 74 valence electrons. The third-order valence-electron chi connectivity index (χ3n) is 2.27. The van der Waals surface area contributed by atoms with Gasteiger partial charge in [0.05, 0.1) is 0 Å². The van der Waals surface area contributed by atoms with Gasteiger partial charge >= 0.3 is 0 Å². The van der Waals surface area contributed by atoms with Crippen LogP contribution in [0.15, 0.2) is 16.5 Å². The van der Waals surface area contributed by atoms with Gasteiger partial charge in [-0.3, -0.25) is 0 Å². The Bertz CT molecular complexity index is 263. The molecule has 0 unspecified atom stereocenters. The highest BCUT2D eigenvalue weighted by atomic mass is 16.3. The van der Waals surface area contributed by atoms with Crippen LogP contribution in [0.4, 0.5) is 0 Å². The van der Waals surface area contributed by atoms with Crippen molar-refractivity contribution in [1.29, 1.82) is 0 Å². The molecule has 0 bridgehead atoms. The number of hydrogen-bond donors (Lipinski definition) is 1. The van der Waals surface area contributed by atoms with Crippen LogP contribution in [0.2, 0.25) is 0 Å². The molecule has 0 atom stereocenters. The second-order valence-corrected chi connectivity index (χ2v) is 4.39. The van der Waals surface area contributed by atoms with Crippen LogP contribution in [0.25, 0.3) is 0 Å². The highest BCUT2D eigenvalue weighted by Crippen LogP contribution is 2.25. The van der Waals surface area contributed by atoms with Gasteiger partial charge in [-0.1, -0.05) is 13.8 Å². The zero-order chi connectivity index (χ0) is 9.90. The van der Waals surface area contributed by atoms with E-state index >= 15 is 0 Å². The molecule has 1 aromatic rings. The van der Waals surface area contributed by atoms with Crippen LogP contribution < -0.4 is 5.73 Å². The lowest BCUT2D eigenvalue weighted by atomic mass is 9.85. The maximum Gasteiger partial charge on any atom is 0.104 e. The fraction of sp³-hybridized carbons (Fsp3) is 0.636. The molecule has 0 aromatic carbocycles. The molecular weight excluding hydrogens is 162 g/mol. The first kappa shape index (κ1) is 10.3. The first-order valence-electron chi connectivity index (χ1n) is 4.79. The Morgan fingerprint density at radius 2 is 2.08 bits per heavy atom. The van der Waals surface area contributed by atoms with E-state index in [9.17, 15) is 0 Å². The van der Waals surface area contributed by atoms with Crippen molar-refractivity contribution in [2.24, 2.45) is 11.1 Å². The van der Waals surface area contributed by atoms with E-state index < -0.39 is 0 Å². The second-order valence-electron chi connectivity index (χ2n) is 4.39. The SMILES string of the molecule is Cc1ccc(CC(C)(C)CCN)o1. The minimum atomic E-state index is 0.249. The highest BCUT2D eigenvalue weighted by Gasteiger charge is 2.18. The summed E-state index contributed by atoms with van der Waals surface area (Å²) in [5, 5.41) is 0. The van der Waals surface area contributed by atoms with Gasteiger partial charge in [0.15, 0.2) is 0 Å². The van der Waals surface area contributed by atoms with Crippen molar-refractivity contribution in [1.82, 2.24) is 0 Å². The minimum Gasteiger partial charge on any atom is -0.466 e. The summed E-state index contributed by atoms with van der Waals surface area (Å²) < 4.78 is 5.52. The normalized spacial score (nSPS) is 12.0. The van der Waals surface area contributed by atoms with Gasteiger partial charge in [-0.2, -0.15) is 0 Å². The zero-order valence-corrected chi connectivity index (χ0v) is 8.76. The minimum absolute atomic E-state index is 0.249. The van der Waals surface area contributed by atoms with Crippen molar-refractivity contribution in [3.05, 3.63) is 23.7 Å². The molecule has 0 aliphatic heterocycles. The van der Waals surface area contributed by atoms with Gasteiger partial charge in [-0.05, 0) is 37.4 Å². The Morgan fingerprint density at radius 3 is 2.54 bits per heavy atom. The van der Waals surface area contributed by atoms with Gasteiger partial charge in [0, 0.05) is 6.42 Å². The van der Waals surface area contributed by atoms with Gasteiger partial charge in [-0.15, -0.1) is 0 Å². The lowest BCUT2D eigenvalue weighted by molar-refractivity contribution is 0.306. The highest BCUT2D eigenvalue weighted by molar-refractivity contribution is 5.07. The van der Waals surface area contributed by atoms with Crippen molar-refractivity contribution in [3.63, 3.8) is 0 Å². The number of nitrogens with two attached hydrogens (primary N) is 1. The predicted octanol–water partition coefficient (Wildman–Crippen LogP) is 2.51. The average molecular weight is 181 g/mol. The Labute approximate surface area is 80.1 Å². The molecule has 2 N–H and O–H groups in total. The summed E-state index contributed by atoms with van der Waals surface area (Å²) in [7, 11) is 0. The topological polar surface area (TPSA) is 39.2 Å². The molecular formula is C11H19NO. The van der Waals surface area contributed by atoms with Crippen LogP contribution in [-0.4, -0.2) is 6.54 Å². The summed E-state index contributed by atoms with van der Waals surface area (Å²) >= 11 is 0. The van der Waals surface area contributed by atoms with Gasteiger partial charge < -0.3 is 10.2 Å². The van der Waals surface area contributed by atoms with Gasteiger partial charge in [0.2, 0.25) is 0 Å². The Morgan fingerprint density at radius 1 is 1.38 bits per heavy atom. The van der Waals surface area contributed by atoms with E-state index in [4.69, 9.17) is 10.2 Å². The molecule has 0 aliphatic rings. The van der Waals surface area contributed by atoms with Crippen LogP contribution in [-0.2, 0) is 6.42 Å². The van der Waals surface area contributed by atoms with E-state index in [-0.39, 0.29) is 5.41 Å². The second kappa shape index (κ2) is 3.97. The number of aryl methyl sites for hydroxylation is 1. The quantitative estimate of drug-likeness (QED) is 0.775. The van der Waals surface area contributed by atoms with Crippen molar-refractivity contribution in [2.75, 3.05) is 6.54 Å². The number of rotatable bonds is 4. The third kappa shape index (κ3) is 3.23. The lowest BCUT2D eigenvalue weighted by Gasteiger charge is -2.22. The summed E-state index contributed by atoms with van der Waals surface area (Å²) in [6.45, 7) is 7.15. The number of hydrogen-bond acceptors (Lipinski definition) is 2. The van der Waals surface area contributed by atoms with Crippen LogP contribution >= 0.6 is 0 Å². The summed E-state index contributed by atoms with van der Waals surface area (Å²) in [4.78, 5) is 0. The molecule has 13 heavy (non-hydrogen) atoms. The Hall–Kier alpha value is -0.760. The average Bonchev–Trinajstić information content (AvgIpc) is 2.34. The van der Waals surface area contributed by atoms with Crippen LogP contribution in [0, 0.1) is 12.3 Å². The van der Waals surface area contributed by atoms with Crippen molar-refractivity contribution >= 4 is 0 Å². The van der Waals surface area contributed by atoms with E-state index in [1.807, 2.05) is 19.1 Å². The molecule has 0 fully saturated rings. The Balaban J connectivity index is 2.57. The monoisotopic (exact) mass is 181 g/mol. The zero-order valence-electron chi connectivity index (χ0n) is 8.76. The maximum absolute atomic E-state index is 5.54. The number of furan rings is 1. The van der Waals surface area contributed by atoms with Crippen LogP contribution in [0.3, 0.4) is 0 Å². The first-order valence-corrected chi connectivity index (χ1v) is 4.79. The van der Waals surface area contributed by atoms with E-state index in [1.54, 1.807) is 0 Å². The molecule has 1 rings (SSSR count). The van der Waals surface area contributed by atoms with E-state index in [0.29, 0.717) is 0 Å². The lowest BCUT2D eigenvalue weighted by Crippen LogP contribution is -2.19. The third-order valence-corrected chi connectivity index (χ3v) is 2.27. The molecule has 0 aliphatic carbocycles. The summed E-state index contributed by atoms with van der Waals surface area (Å²) in [5.74, 6) is 2.05. The molecule has 0 radical (unpaired) electrons. The molecule has 2 heteroatoms. The molecule has 0 saturated heterocycles. The van der Waals surface area contributed by atoms with Crippen LogP contribution in [0.5, 0.6) is 0 Å². The van der Waals surface area contributed by atoms with E-state index in [2.05, 4.69) is 13.8 Å². The molecule has 0 saturated carbocycles. The maximum atomic E-state index is 5.54. The first-order chi connectivity index (χ1) is 6.03. The summed E-state index contributed by atoms with van der Waals surface area (Å²) in [6, 6.07) is 4.06. The van der Waals surface area contributed by atoms with Gasteiger partial charge in [0.1, 0.15) is 11.5 Å². The molecule has 0 amide bonds. The molecule has 2 nitrogen and oxygen atoms in total. The molecule has 1 aromatic heterocycles. The van der Waals surface area contributed by atoms with Crippen molar-refractivity contribution < 1.29 is 4.42 Å².